The smallest absolute Gasteiger partial charge is 0.221 e. The maximum absolute atomic E-state index is 12.2. The average Bonchev–Trinajstić information content (AvgIpc) is 2.48. The second-order valence-corrected chi connectivity index (χ2v) is 7.36. The van der Waals surface area contributed by atoms with E-state index < -0.39 is 0 Å². The zero-order valence-corrected chi connectivity index (χ0v) is 13.3. The number of thioether (sulfide) groups is 1. The summed E-state index contributed by atoms with van der Waals surface area (Å²) in [4.78, 5) is 12.2. The quantitative estimate of drug-likeness (QED) is 0.877. The van der Waals surface area contributed by atoms with Crippen LogP contribution in [-0.4, -0.2) is 36.5 Å². The second kappa shape index (κ2) is 6.84. The van der Waals surface area contributed by atoms with Gasteiger partial charge in [0.15, 0.2) is 0 Å². The highest BCUT2D eigenvalue weighted by Crippen LogP contribution is 2.43. The van der Waals surface area contributed by atoms with Crippen molar-refractivity contribution in [2.75, 3.05) is 24.6 Å². The van der Waals surface area contributed by atoms with Crippen LogP contribution in [-0.2, 0) is 10.2 Å². The van der Waals surface area contributed by atoms with Crippen LogP contribution in [0.25, 0.3) is 0 Å². The number of hydrogen-bond donors (Lipinski definition) is 2. The maximum Gasteiger partial charge on any atom is 0.221 e. The van der Waals surface area contributed by atoms with Crippen LogP contribution in [0.5, 0.6) is 0 Å². The fraction of sp³-hybridized carbons (Fsp3) is 0.588. The number of amides is 1. The minimum atomic E-state index is 0.186. The lowest BCUT2D eigenvalue weighted by Gasteiger charge is -2.42. The summed E-state index contributed by atoms with van der Waals surface area (Å²) < 4.78 is 0. The Hall–Kier alpha value is -1.00. The Labute approximate surface area is 131 Å². The molecular weight excluding hydrogens is 280 g/mol. The third-order valence-electron chi connectivity index (χ3n) is 4.75. The van der Waals surface area contributed by atoms with E-state index in [-0.39, 0.29) is 11.3 Å². The van der Waals surface area contributed by atoms with Gasteiger partial charge in [0.1, 0.15) is 0 Å². The molecule has 0 spiro atoms. The number of nitrogens with one attached hydrogen (secondary N) is 2. The van der Waals surface area contributed by atoms with Crippen LogP contribution >= 0.6 is 11.8 Å². The van der Waals surface area contributed by atoms with Crippen LogP contribution in [0, 0.1) is 0 Å². The molecular formula is C17H24N2OS. The van der Waals surface area contributed by atoms with Crippen LogP contribution in [0.3, 0.4) is 0 Å². The van der Waals surface area contributed by atoms with Gasteiger partial charge in [-0.25, -0.2) is 0 Å². The highest BCUT2D eigenvalue weighted by atomic mass is 32.2. The Balaban J connectivity index is 1.52. The summed E-state index contributed by atoms with van der Waals surface area (Å²) in [6.07, 6.45) is 4.26. The lowest BCUT2D eigenvalue weighted by molar-refractivity contribution is -0.121. The number of benzene rings is 1. The van der Waals surface area contributed by atoms with Gasteiger partial charge in [0.05, 0.1) is 0 Å². The van der Waals surface area contributed by atoms with Crippen LogP contribution in [0.1, 0.15) is 31.2 Å². The topological polar surface area (TPSA) is 41.1 Å². The molecule has 2 fully saturated rings. The molecule has 1 saturated heterocycles. The highest BCUT2D eigenvalue weighted by molar-refractivity contribution is 7.99. The molecule has 1 saturated carbocycles. The largest absolute Gasteiger partial charge is 0.355 e. The highest BCUT2D eigenvalue weighted by Gasteiger charge is 2.38. The average molecular weight is 304 g/mol. The molecule has 2 aliphatic rings. The van der Waals surface area contributed by atoms with E-state index in [0.717, 1.165) is 24.6 Å². The van der Waals surface area contributed by atoms with E-state index in [1.807, 2.05) is 11.8 Å². The first-order chi connectivity index (χ1) is 10.3. The molecule has 1 aliphatic heterocycles. The standard InChI is InChI=1S/C17H24N2OS/c20-16(11-15-12-21-10-9-18-15)19-13-17(7-4-8-17)14-5-2-1-3-6-14/h1-3,5-6,15,18H,4,7-13H2,(H,19,20). The van der Waals surface area contributed by atoms with Crippen molar-refractivity contribution in [3.05, 3.63) is 35.9 Å². The predicted octanol–water partition coefficient (Wildman–Crippen LogP) is 2.32. The van der Waals surface area contributed by atoms with Crippen molar-refractivity contribution in [3.63, 3.8) is 0 Å². The Bertz CT molecular complexity index is 467. The molecule has 1 aromatic carbocycles. The normalized spacial score (nSPS) is 24.1. The molecule has 21 heavy (non-hydrogen) atoms. The zero-order valence-electron chi connectivity index (χ0n) is 12.4. The molecule has 1 aromatic rings. The fourth-order valence-electron chi connectivity index (χ4n) is 3.28. The van der Waals surface area contributed by atoms with E-state index in [4.69, 9.17) is 0 Å². The lowest BCUT2D eigenvalue weighted by atomic mass is 9.64. The van der Waals surface area contributed by atoms with Crippen LogP contribution in [0.2, 0.25) is 0 Å². The third-order valence-corrected chi connectivity index (χ3v) is 5.88. The minimum absolute atomic E-state index is 0.186. The van der Waals surface area contributed by atoms with Gasteiger partial charge in [-0.05, 0) is 18.4 Å². The summed E-state index contributed by atoms with van der Waals surface area (Å²) in [5, 5.41) is 6.61. The SMILES string of the molecule is O=C(CC1CSCCN1)NCC1(c2ccccc2)CCC1. The Morgan fingerprint density at radius 1 is 1.33 bits per heavy atom. The molecule has 3 nitrogen and oxygen atoms in total. The summed E-state index contributed by atoms with van der Waals surface area (Å²) in [5.41, 5.74) is 1.56. The maximum atomic E-state index is 12.2. The third kappa shape index (κ3) is 3.61. The minimum Gasteiger partial charge on any atom is -0.355 e. The summed E-state index contributed by atoms with van der Waals surface area (Å²) in [6, 6.07) is 11.0. The van der Waals surface area contributed by atoms with Crippen molar-refractivity contribution in [1.29, 1.82) is 0 Å². The summed E-state index contributed by atoms with van der Waals surface area (Å²) in [5.74, 6) is 2.41. The van der Waals surface area contributed by atoms with Crippen molar-refractivity contribution >= 4 is 17.7 Å². The molecule has 2 N–H and O–H groups in total. The van der Waals surface area contributed by atoms with Crippen molar-refractivity contribution in [2.24, 2.45) is 0 Å². The van der Waals surface area contributed by atoms with Gasteiger partial charge in [-0.3, -0.25) is 4.79 Å². The van der Waals surface area contributed by atoms with E-state index in [0.29, 0.717) is 12.5 Å². The van der Waals surface area contributed by atoms with Gasteiger partial charge in [-0.15, -0.1) is 0 Å². The second-order valence-electron chi connectivity index (χ2n) is 6.21. The monoisotopic (exact) mass is 304 g/mol. The van der Waals surface area contributed by atoms with Gasteiger partial charge >= 0.3 is 0 Å². The van der Waals surface area contributed by atoms with Gasteiger partial charge in [0.25, 0.3) is 0 Å². The predicted molar refractivity (Wildman–Crippen MR) is 88.7 cm³/mol. The first-order valence-corrected chi connectivity index (χ1v) is 9.07. The van der Waals surface area contributed by atoms with E-state index in [9.17, 15) is 4.79 Å². The molecule has 114 valence electrons. The molecule has 0 radical (unpaired) electrons. The van der Waals surface area contributed by atoms with E-state index >= 15 is 0 Å². The summed E-state index contributed by atoms with van der Waals surface area (Å²) in [6.45, 7) is 1.81. The van der Waals surface area contributed by atoms with Gasteiger partial charge in [0, 0.05) is 42.5 Å². The number of carbonyl (C=O) groups excluding carboxylic acids is 1. The molecule has 1 amide bonds. The molecule has 1 atom stereocenters. The molecule has 0 bridgehead atoms. The number of carbonyl (C=O) groups is 1. The van der Waals surface area contributed by atoms with Crippen LogP contribution in [0.15, 0.2) is 30.3 Å². The van der Waals surface area contributed by atoms with Gasteiger partial charge in [-0.1, -0.05) is 36.8 Å². The van der Waals surface area contributed by atoms with Crippen LogP contribution in [0.4, 0.5) is 0 Å². The molecule has 1 heterocycles. The zero-order chi connectivity index (χ0) is 14.5. The molecule has 3 rings (SSSR count). The van der Waals surface area contributed by atoms with Crippen molar-refractivity contribution in [2.45, 2.75) is 37.1 Å². The Morgan fingerprint density at radius 3 is 2.76 bits per heavy atom. The van der Waals surface area contributed by atoms with Crippen LogP contribution < -0.4 is 10.6 Å². The first kappa shape index (κ1) is 14.9. The molecule has 1 unspecified atom stereocenters. The number of rotatable bonds is 5. The van der Waals surface area contributed by atoms with Gasteiger partial charge in [-0.2, -0.15) is 11.8 Å². The fourth-order valence-corrected chi connectivity index (χ4v) is 4.23. The Morgan fingerprint density at radius 2 is 2.14 bits per heavy atom. The van der Waals surface area contributed by atoms with E-state index in [2.05, 4.69) is 41.0 Å². The molecule has 1 aliphatic carbocycles. The van der Waals surface area contributed by atoms with Crippen molar-refractivity contribution in [3.8, 4) is 0 Å². The first-order valence-electron chi connectivity index (χ1n) is 7.92. The van der Waals surface area contributed by atoms with E-state index in [1.165, 1.54) is 24.8 Å². The van der Waals surface area contributed by atoms with Gasteiger partial charge < -0.3 is 10.6 Å². The van der Waals surface area contributed by atoms with Crippen molar-refractivity contribution < 1.29 is 4.79 Å². The molecule has 0 aromatic heterocycles. The lowest BCUT2D eigenvalue weighted by Crippen LogP contribution is -2.47. The molecule has 4 heteroatoms. The van der Waals surface area contributed by atoms with Crippen molar-refractivity contribution in [1.82, 2.24) is 10.6 Å². The van der Waals surface area contributed by atoms with E-state index in [1.54, 1.807) is 0 Å². The Kier molecular flexibility index (Phi) is 4.86. The number of hydrogen-bond acceptors (Lipinski definition) is 3. The summed E-state index contributed by atoms with van der Waals surface area (Å²) >= 11 is 1.94. The van der Waals surface area contributed by atoms with Gasteiger partial charge in [0.2, 0.25) is 5.91 Å². The summed E-state index contributed by atoms with van der Waals surface area (Å²) in [7, 11) is 0.